The molecule has 1 nitrogen and oxygen atoms in total. The summed E-state index contributed by atoms with van der Waals surface area (Å²) in [5, 5.41) is 5.12. The van der Waals surface area contributed by atoms with E-state index in [1.807, 2.05) is 34.8 Å². The minimum Gasteiger partial charge on any atom is -0.456 e. The quantitative estimate of drug-likeness (QED) is 0.238. The molecule has 164 valence electrons. The largest absolute Gasteiger partial charge is 0.456 e. The van der Waals surface area contributed by atoms with E-state index >= 15 is 0 Å². The second kappa shape index (κ2) is 7.29. The van der Waals surface area contributed by atoms with Crippen LogP contribution < -0.4 is 4.74 Å². The number of ether oxygens (including phenoxy) is 1. The first-order valence-electron chi connectivity index (χ1n) is 11.7. The van der Waals surface area contributed by atoms with Gasteiger partial charge in [0.1, 0.15) is 11.5 Å². The van der Waals surface area contributed by atoms with Crippen molar-refractivity contribution in [2.75, 3.05) is 0 Å². The zero-order valence-electron chi connectivity index (χ0n) is 18.6. The number of rotatable bonds is 2. The fourth-order valence-electron chi connectivity index (χ4n) is 5.36. The molecule has 0 aliphatic carbocycles. The maximum absolute atomic E-state index is 6.30. The Hall–Kier alpha value is -3.92. The summed E-state index contributed by atoms with van der Waals surface area (Å²) in [6, 6.07) is 39.2. The van der Waals surface area contributed by atoms with Crippen molar-refractivity contribution in [3.05, 3.63) is 109 Å². The topological polar surface area (TPSA) is 9.23 Å². The molecule has 0 N–H and O–H groups in total. The van der Waals surface area contributed by atoms with Crippen LogP contribution in [0.25, 0.3) is 63.0 Å². The van der Waals surface area contributed by atoms with Crippen LogP contribution in [0.3, 0.4) is 0 Å². The standard InChI is InChI=1S/C32H18OS2/c1-3-13-26-19(7-1)22-9-5-10-23-21(15-16-27(33-26)31(22)23)29-17-18-30(34-29)25-12-6-11-24-20-8-2-4-14-28(20)35-32(24)25/h1-18H. The Balaban J connectivity index is 1.31. The van der Waals surface area contributed by atoms with Gasteiger partial charge in [0.05, 0.1) is 0 Å². The molecule has 0 bridgehead atoms. The van der Waals surface area contributed by atoms with Gasteiger partial charge < -0.3 is 4.74 Å². The smallest absolute Gasteiger partial charge is 0.135 e. The highest BCUT2D eigenvalue weighted by molar-refractivity contribution is 7.27. The normalized spacial score (nSPS) is 12.2. The summed E-state index contributed by atoms with van der Waals surface area (Å²) < 4.78 is 9.00. The van der Waals surface area contributed by atoms with Crippen LogP contribution in [0.4, 0.5) is 0 Å². The molecule has 2 aromatic heterocycles. The lowest BCUT2D eigenvalue weighted by Crippen LogP contribution is -1.97. The Morgan fingerprint density at radius 1 is 0.429 bits per heavy atom. The van der Waals surface area contributed by atoms with Crippen LogP contribution in [0.2, 0.25) is 0 Å². The molecule has 0 radical (unpaired) electrons. The maximum Gasteiger partial charge on any atom is 0.135 e. The third-order valence-electron chi connectivity index (χ3n) is 6.94. The molecule has 1 aliphatic heterocycles. The molecule has 0 saturated heterocycles. The van der Waals surface area contributed by atoms with Crippen molar-refractivity contribution >= 4 is 53.6 Å². The molecule has 3 heterocycles. The molecule has 35 heavy (non-hydrogen) atoms. The van der Waals surface area contributed by atoms with Crippen LogP contribution in [-0.2, 0) is 0 Å². The Bertz CT molecular complexity index is 1940. The highest BCUT2D eigenvalue weighted by Gasteiger charge is 2.21. The van der Waals surface area contributed by atoms with Crippen molar-refractivity contribution in [2.24, 2.45) is 0 Å². The molecule has 7 aromatic rings. The van der Waals surface area contributed by atoms with Gasteiger partial charge in [0, 0.05) is 46.4 Å². The number of hydrogen-bond acceptors (Lipinski definition) is 3. The molecule has 0 saturated carbocycles. The lowest BCUT2D eigenvalue weighted by atomic mass is 9.92. The monoisotopic (exact) mass is 482 g/mol. The van der Waals surface area contributed by atoms with E-state index in [1.54, 1.807) is 0 Å². The Kier molecular flexibility index (Phi) is 4.04. The lowest BCUT2D eigenvalue weighted by molar-refractivity contribution is 0.487. The molecule has 8 rings (SSSR count). The van der Waals surface area contributed by atoms with Crippen molar-refractivity contribution < 1.29 is 4.74 Å². The van der Waals surface area contributed by atoms with E-state index in [0.29, 0.717) is 0 Å². The molecule has 0 fully saturated rings. The van der Waals surface area contributed by atoms with Crippen LogP contribution in [0, 0.1) is 0 Å². The number of fused-ring (bicyclic) bond motifs is 5. The van der Waals surface area contributed by atoms with E-state index in [-0.39, 0.29) is 0 Å². The van der Waals surface area contributed by atoms with Crippen LogP contribution in [-0.4, -0.2) is 0 Å². The molecule has 0 amide bonds. The van der Waals surface area contributed by atoms with Gasteiger partial charge in [0.15, 0.2) is 0 Å². The van der Waals surface area contributed by atoms with Gasteiger partial charge in [-0.1, -0.05) is 72.8 Å². The lowest BCUT2D eigenvalue weighted by Gasteiger charge is -2.22. The van der Waals surface area contributed by atoms with Crippen LogP contribution in [0.5, 0.6) is 11.5 Å². The first kappa shape index (κ1) is 19.4. The average molecular weight is 483 g/mol. The van der Waals surface area contributed by atoms with E-state index < -0.39 is 0 Å². The van der Waals surface area contributed by atoms with Gasteiger partial charge >= 0.3 is 0 Å². The fourth-order valence-corrected chi connectivity index (χ4v) is 7.74. The SMILES string of the molecule is c1ccc2c(c1)Oc1ccc(-c3ccc(-c4cccc5c4sc4ccccc45)s3)c3cccc-2c13. The highest BCUT2D eigenvalue weighted by atomic mass is 32.1. The first-order chi connectivity index (χ1) is 17.3. The molecule has 1 aliphatic rings. The van der Waals surface area contributed by atoms with Crippen molar-refractivity contribution in [1.82, 2.24) is 0 Å². The van der Waals surface area contributed by atoms with Crippen molar-refractivity contribution in [2.45, 2.75) is 0 Å². The highest BCUT2D eigenvalue weighted by Crippen LogP contribution is 2.50. The van der Waals surface area contributed by atoms with E-state index in [2.05, 4.69) is 97.1 Å². The Morgan fingerprint density at radius 3 is 2.09 bits per heavy atom. The predicted octanol–water partition coefficient (Wildman–Crippen LogP) is 10.4. The van der Waals surface area contributed by atoms with Gasteiger partial charge in [-0.15, -0.1) is 22.7 Å². The van der Waals surface area contributed by atoms with Crippen molar-refractivity contribution in [3.8, 4) is 43.5 Å². The predicted molar refractivity (Wildman–Crippen MR) is 151 cm³/mol. The van der Waals surface area contributed by atoms with Crippen molar-refractivity contribution in [3.63, 3.8) is 0 Å². The summed E-state index contributed by atoms with van der Waals surface area (Å²) in [4.78, 5) is 2.58. The minimum atomic E-state index is 0.926. The zero-order chi connectivity index (χ0) is 22.9. The van der Waals surface area contributed by atoms with Gasteiger partial charge in [0.25, 0.3) is 0 Å². The van der Waals surface area contributed by atoms with E-state index in [1.165, 1.54) is 57.4 Å². The maximum atomic E-state index is 6.30. The zero-order valence-corrected chi connectivity index (χ0v) is 20.3. The summed E-state index contributed by atoms with van der Waals surface area (Å²) >= 11 is 3.76. The Labute approximate surface area is 210 Å². The Morgan fingerprint density at radius 2 is 1.14 bits per heavy atom. The van der Waals surface area contributed by atoms with Crippen LogP contribution >= 0.6 is 22.7 Å². The molecular formula is C32H18OS2. The average Bonchev–Trinajstić information content (AvgIpc) is 3.54. The second-order valence-electron chi connectivity index (χ2n) is 8.88. The number of para-hydroxylation sites is 1. The first-order valence-corrected chi connectivity index (χ1v) is 13.3. The van der Waals surface area contributed by atoms with Gasteiger partial charge in [-0.2, -0.15) is 0 Å². The summed E-state index contributed by atoms with van der Waals surface area (Å²) in [5.74, 6) is 1.86. The molecule has 0 atom stereocenters. The number of benzene rings is 5. The summed E-state index contributed by atoms with van der Waals surface area (Å²) in [6.45, 7) is 0. The van der Waals surface area contributed by atoms with Gasteiger partial charge in [0.2, 0.25) is 0 Å². The van der Waals surface area contributed by atoms with E-state index in [9.17, 15) is 0 Å². The summed E-state index contributed by atoms with van der Waals surface area (Å²) in [6.07, 6.45) is 0. The third-order valence-corrected chi connectivity index (χ3v) is 9.31. The number of hydrogen-bond donors (Lipinski definition) is 0. The summed E-state index contributed by atoms with van der Waals surface area (Å²) in [7, 11) is 0. The van der Waals surface area contributed by atoms with Gasteiger partial charge in [-0.3, -0.25) is 0 Å². The van der Waals surface area contributed by atoms with Gasteiger partial charge in [-0.05, 0) is 52.9 Å². The molecule has 5 aromatic carbocycles. The van der Waals surface area contributed by atoms with Crippen LogP contribution in [0.1, 0.15) is 0 Å². The van der Waals surface area contributed by atoms with E-state index in [4.69, 9.17) is 4.74 Å². The minimum absolute atomic E-state index is 0.926. The van der Waals surface area contributed by atoms with Crippen molar-refractivity contribution in [1.29, 1.82) is 0 Å². The second-order valence-corrected chi connectivity index (χ2v) is 11.0. The van der Waals surface area contributed by atoms with Crippen LogP contribution in [0.15, 0.2) is 109 Å². The third kappa shape index (κ3) is 2.80. The van der Waals surface area contributed by atoms with E-state index in [0.717, 1.165) is 17.1 Å². The molecule has 0 unspecified atom stereocenters. The molecular weight excluding hydrogens is 464 g/mol. The summed E-state index contributed by atoms with van der Waals surface area (Å²) in [5.41, 5.74) is 4.98. The molecule has 0 spiro atoms. The number of thiophene rings is 2. The van der Waals surface area contributed by atoms with Gasteiger partial charge in [-0.25, -0.2) is 0 Å². The molecule has 3 heteroatoms. The fraction of sp³-hybridized carbons (Fsp3) is 0.